The maximum atomic E-state index is 14.2. The molecule has 0 amide bonds. The molecule has 0 spiro atoms. The Balaban J connectivity index is 1.76. The molecule has 0 heterocycles. The van der Waals surface area contributed by atoms with Gasteiger partial charge in [-0.05, 0) is 69.1 Å². The van der Waals surface area contributed by atoms with E-state index >= 15 is 0 Å². The molecule has 210 valence electrons. The highest BCUT2D eigenvalue weighted by molar-refractivity contribution is 5.90. The van der Waals surface area contributed by atoms with Gasteiger partial charge in [0.15, 0.2) is 5.78 Å². The molecule has 0 saturated heterocycles. The van der Waals surface area contributed by atoms with Gasteiger partial charge in [-0.25, -0.2) is 0 Å². The number of fused-ring (bicyclic) bond motifs is 5. The van der Waals surface area contributed by atoms with Gasteiger partial charge in [0.1, 0.15) is 11.4 Å². The Kier molecular flexibility index (Phi) is 6.59. The summed E-state index contributed by atoms with van der Waals surface area (Å²) >= 11 is 0. The van der Waals surface area contributed by atoms with E-state index in [0.29, 0.717) is 19.3 Å². The lowest BCUT2D eigenvalue weighted by atomic mass is 9.38. The molecule has 0 aromatic carbocycles. The first-order chi connectivity index (χ1) is 16.7. The number of hydrogen-bond donors (Lipinski definition) is 5. The van der Waals surface area contributed by atoms with Gasteiger partial charge in [0, 0.05) is 29.6 Å². The summed E-state index contributed by atoms with van der Waals surface area (Å²) in [4.78, 5) is 27.5. The Morgan fingerprint density at radius 1 is 1.00 bits per heavy atom. The van der Waals surface area contributed by atoms with E-state index in [1.165, 1.54) is 6.92 Å². The molecule has 5 N–H and O–H groups in total. The number of aliphatic hydroxyl groups excluding tert-OH is 3. The molecule has 0 aliphatic heterocycles. The third-order valence-electron chi connectivity index (χ3n) is 11.8. The van der Waals surface area contributed by atoms with E-state index < -0.39 is 62.9 Å². The van der Waals surface area contributed by atoms with E-state index in [9.17, 15) is 35.1 Å². The van der Waals surface area contributed by atoms with Crippen LogP contribution in [0.3, 0.4) is 0 Å². The van der Waals surface area contributed by atoms with Crippen molar-refractivity contribution in [3.05, 3.63) is 11.6 Å². The van der Waals surface area contributed by atoms with Crippen LogP contribution in [0.1, 0.15) is 93.9 Å². The molecule has 7 heteroatoms. The molecule has 4 aliphatic rings. The molecule has 0 radical (unpaired) electrons. The van der Waals surface area contributed by atoms with Gasteiger partial charge in [0.05, 0.1) is 23.9 Å². The molecule has 0 aromatic rings. The Morgan fingerprint density at radius 3 is 2.16 bits per heavy atom. The van der Waals surface area contributed by atoms with Crippen LogP contribution in [-0.2, 0) is 9.59 Å². The Labute approximate surface area is 221 Å². The molecule has 37 heavy (non-hydrogen) atoms. The maximum absolute atomic E-state index is 14.2. The summed E-state index contributed by atoms with van der Waals surface area (Å²) < 4.78 is 0. The lowest BCUT2D eigenvalue weighted by Crippen LogP contribution is -2.65. The minimum Gasteiger partial charge on any atom is -0.393 e. The fourth-order valence-corrected chi connectivity index (χ4v) is 9.40. The smallest absolute Gasteiger partial charge is 0.164 e. The minimum absolute atomic E-state index is 0.0227. The van der Waals surface area contributed by atoms with Crippen molar-refractivity contribution in [3.8, 4) is 0 Å². The summed E-state index contributed by atoms with van der Waals surface area (Å²) in [7, 11) is 0. The average Bonchev–Trinajstić information content (AvgIpc) is 2.96. The van der Waals surface area contributed by atoms with Crippen molar-refractivity contribution >= 4 is 11.6 Å². The third-order valence-corrected chi connectivity index (χ3v) is 11.8. The van der Waals surface area contributed by atoms with E-state index in [1.807, 2.05) is 27.7 Å². The van der Waals surface area contributed by atoms with Crippen molar-refractivity contribution in [2.75, 3.05) is 0 Å². The summed E-state index contributed by atoms with van der Waals surface area (Å²) in [6.07, 6.45) is 0.895. The van der Waals surface area contributed by atoms with Crippen LogP contribution in [0.4, 0.5) is 0 Å². The summed E-state index contributed by atoms with van der Waals surface area (Å²) in [5.74, 6) is -1.60. The third kappa shape index (κ3) is 3.86. The number of allylic oxidation sites excluding steroid dienone is 1. The summed E-state index contributed by atoms with van der Waals surface area (Å²) in [6, 6.07) is 0. The second-order valence-corrected chi connectivity index (χ2v) is 14.8. The first-order valence-corrected chi connectivity index (χ1v) is 13.9. The van der Waals surface area contributed by atoms with Crippen molar-refractivity contribution in [1.29, 1.82) is 0 Å². The number of carbonyl (C=O) groups is 2. The normalized spacial score (nSPS) is 46.8. The Bertz CT molecular complexity index is 1010. The van der Waals surface area contributed by atoms with E-state index in [1.54, 1.807) is 13.8 Å². The first kappa shape index (κ1) is 28.9. The van der Waals surface area contributed by atoms with Crippen LogP contribution in [0.5, 0.6) is 0 Å². The van der Waals surface area contributed by atoms with Gasteiger partial charge in [-0.1, -0.05) is 46.3 Å². The molecular formula is C30H48O7. The van der Waals surface area contributed by atoms with Crippen LogP contribution in [0.15, 0.2) is 11.6 Å². The van der Waals surface area contributed by atoms with Crippen LogP contribution in [0.2, 0.25) is 0 Å². The fourth-order valence-electron chi connectivity index (χ4n) is 9.40. The van der Waals surface area contributed by atoms with Crippen molar-refractivity contribution in [3.63, 3.8) is 0 Å². The summed E-state index contributed by atoms with van der Waals surface area (Å²) in [6.45, 7) is 14.6. The van der Waals surface area contributed by atoms with Gasteiger partial charge in [-0.15, -0.1) is 0 Å². The van der Waals surface area contributed by atoms with Crippen molar-refractivity contribution in [2.24, 2.45) is 39.4 Å². The Morgan fingerprint density at radius 2 is 1.59 bits per heavy atom. The number of Topliss-reactive ketones (excluding diaryl/α,β-unsaturated/α-hetero) is 2. The van der Waals surface area contributed by atoms with E-state index in [0.717, 1.165) is 5.57 Å². The van der Waals surface area contributed by atoms with Crippen LogP contribution >= 0.6 is 0 Å². The molecule has 4 rings (SSSR count). The van der Waals surface area contributed by atoms with Gasteiger partial charge in [0.25, 0.3) is 0 Å². The van der Waals surface area contributed by atoms with Crippen molar-refractivity contribution < 1.29 is 35.1 Å². The van der Waals surface area contributed by atoms with Crippen LogP contribution in [0.25, 0.3) is 0 Å². The molecule has 3 fully saturated rings. The standard InChI is InChI=1S/C30H48O7/c1-25(2,36)12-11-21(33)30(8,37)23-19(32)14-27(5)20-10-9-16-17(13-18(31)24(35)26(16,3)4)29(20,7)22(34)15-28(23,27)6/h9,17-20,23-24,31-32,35-37H,10-15H2,1-8H3/t17-,18+,19-,20+,23+,24-,27+,28-,29+,30+/m1/s1. The highest BCUT2D eigenvalue weighted by atomic mass is 16.3. The second-order valence-electron chi connectivity index (χ2n) is 14.8. The molecule has 4 aliphatic carbocycles. The Hall–Kier alpha value is -1.12. The SMILES string of the molecule is CC(C)(O)CCC(=O)[C@](C)(O)[C@H]1[C@H](O)C[C@@]2(C)[C@@H]3CC=C4[C@@H](C[C@H](O)[C@@H](O)C4(C)C)[C@]3(C)C(=O)C[C@]12C. The average molecular weight is 521 g/mol. The van der Waals surface area contributed by atoms with Crippen LogP contribution < -0.4 is 0 Å². The predicted molar refractivity (Wildman–Crippen MR) is 139 cm³/mol. The lowest BCUT2D eigenvalue weighted by molar-refractivity contribution is -0.188. The minimum atomic E-state index is -1.85. The number of rotatable bonds is 5. The zero-order chi connectivity index (χ0) is 28.1. The highest BCUT2D eigenvalue weighted by Gasteiger charge is 2.74. The van der Waals surface area contributed by atoms with Crippen LogP contribution in [0, 0.1) is 39.4 Å². The molecular weight excluding hydrogens is 472 g/mol. The summed E-state index contributed by atoms with van der Waals surface area (Å²) in [5, 5.41) is 54.8. The second kappa shape index (κ2) is 8.44. The molecule has 0 bridgehead atoms. The molecule has 0 aromatic heterocycles. The van der Waals surface area contributed by atoms with Crippen molar-refractivity contribution in [1.82, 2.24) is 0 Å². The predicted octanol–water partition coefficient (Wildman–Crippen LogP) is 2.94. The van der Waals surface area contributed by atoms with E-state index in [-0.39, 0.29) is 36.9 Å². The van der Waals surface area contributed by atoms with E-state index in [4.69, 9.17) is 0 Å². The molecule has 10 atom stereocenters. The van der Waals surface area contributed by atoms with Gasteiger partial charge in [0.2, 0.25) is 0 Å². The van der Waals surface area contributed by atoms with E-state index in [2.05, 4.69) is 13.0 Å². The largest absolute Gasteiger partial charge is 0.393 e. The van der Waals surface area contributed by atoms with Crippen LogP contribution in [-0.4, -0.2) is 66.6 Å². The van der Waals surface area contributed by atoms with Crippen molar-refractivity contribution in [2.45, 2.75) is 123 Å². The number of ketones is 2. The molecule has 0 unspecified atom stereocenters. The zero-order valence-electron chi connectivity index (χ0n) is 23.8. The molecule has 7 nitrogen and oxygen atoms in total. The number of hydrogen-bond acceptors (Lipinski definition) is 7. The fraction of sp³-hybridized carbons (Fsp3) is 0.867. The zero-order valence-corrected chi connectivity index (χ0v) is 23.8. The molecule has 3 saturated carbocycles. The van der Waals surface area contributed by atoms with Gasteiger partial charge < -0.3 is 25.5 Å². The van der Waals surface area contributed by atoms with Gasteiger partial charge in [-0.3, -0.25) is 9.59 Å². The van der Waals surface area contributed by atoms with Gasteiger partial charge >= 0.3 is 0 Å². The maximum Gasteiger partial charge on any atom is 0.164 e. The summed E-state index contributed by atoms with van der Waals surface area (Å²) in [5.41, 5.74) is -4.71. The monoisotopic (exact) mass is 520 g/mol. The lowest BCUT2D eigenvalue weighted by Gasteiger charge is -2.65. The van der Waals surface area contributed by atoms with Gasteiger partial charge in [-0.2, -0.15) is 0 Å². The first-order valence-electron chi connectivity index (χ1n) is 13.9. The number of carbonyl (C=O) groups excluding carboxylic acids is 2. The quantitative estimate of drug-likeness (QED) is 0.352. The topological polar surface area (TPSA) is 135 Å². The highest BCUT2D eigenvalue weighted by Crippen LogP contribution is 2.74. The number of aliphatic hydroxyl groups is 5.